The maximum absolute atomic E-state index is 12.7. The van der Waals surface area contributed by atoms with E-state index >= 15 is 0 Å². The van der Waals surface area contributed by atoms with Crippen LogP contribution in [0.5, 0.6) is 0 Å². The van der Waals surface area contributed by atoms with E-state index in [-0.39, 0.29) is 5.91 Å². The molecular formula is C15H25N5O. The van der Waals surface area contributed by atoms with Crippen LogP contribution in [-0.2, 0) is 6.54 Å². The molecule has 2 saturated heterocycles. The van der Waals surface area contributed by atoms with Crippen molar-refractivity contribution in [3.05, 3.63) is 17.5 Å². The third-order valence-corrected chi connectivity index (χ3v) is 4.78. The van der Waals surface area contributed by atoms with Gasteiger partial charge in [0.2, 0.25) is 0 Å². The summed E-state index contributed by atoms with van der Waals surface area (Å²) in [5, 5.41) is 4.34. The van der Waals surface area contributed by atoms with Crippen LogP contribution in [0.1, 0.15) is 35.3 Å². The first-order valence-corrected chi connectivity index (χ1v) is 7.96. The molecule has 2 fully saturated rings. The second kappa shape index (κ2) is 6.15. The number of hydrogen-bond acceptors (Lipinski definition) is 4. The molecule has 0 aliphatic carbocycles. The van der Waals surface area contributed by atoms with Crippen LogP contribution in [0.4, 0.5) is 0 Å². The van der Waals surface area contributed by atoms with E-state index < -0.39 is 0 Å². The molecule has 6 nitrogen and oxygen atoms in total. The van der Waals surface area contributed by atoms with Crippen molar-refractivity contribution in [1.82, 2.24) is 19.6 Å². The second-order valence-electron chi connectivity index (χ2n) is 6.09. The summed E-state index contributed by atoms with van der Waals surface area (Å²) in [5.41, 5.74) is 7.25. The number of aryl methyl sites for hydroxylation is 1. The molecule has 21 heavy (non-hydrogen) atoms. The Morgan fingerprint density at radius 1 is 1.43 bits per heavy atom. The topological polar surface area (TPSA) is 67.4 Å². The molecule has 1 aromatic rings. The smallest absolute Gasteiger partial charge is 0.257 e. The Morgan fingerprint density at radius 3 is 3.10 bits per heavy atom. The normalized spacial score (nSPS) is 22.6. The van der Waals surface area contributed by atoms with Crippen LogP contribution in [0, 0.1) is 6.92 Å². The second-order valence-corrected chi connectivity index (χ2v) is 6.09. The van der Waals surface area contributed by atoms with Crippen LogP contribution in [-0.4, -0.2) is 64.3 Å². The van der Waals surface area contributed by atoms with E-state index in [0.29, 0.717) is 12.6 Å². The number of rotatable bonds is 4. The van der Waals surface area contributed by atoms with Crippen LogP contribution in [0.3, 0.4) is 0 Å². The van der Waals surface area contributed by atoms with Gasteiger partial charge in [-0.25, -0.2) is 0 Å². The van der Waals surface area contributed by atoms with Gasteiger partial charge in [0.05, 0.1) is 11.8 Å². The molecule has 0 aromatic carbocycles. The molecular weight excluding hydrogens is 266 g/mol. The van der Waals surface area contributed by atoms with Gasteiger partial charge in [-0.1, -0.05) is 0 Å². The molecule has 3 heterocycles. The number of carbonyl (C=O) groups is 1. The lowest BCUT2D eigenvalue weighted by Crippen LogP contribution is -2.52. The van der Waals surface area contributed by atoms with E-state index in [4.69, 9.17) is 5.73 Å². The Labute approximate surface area is 125 Å². The summed E-state index contributed by atoms with van der Waals surface area (Å²) in [6.45, 7) is 7.31. The number of aromatic nitrogens is 2. The van der Waals surface area contributed by atoms with Gasteiger partial charge in [-0.15, -0.1) is 0 Å². The maximum Gasteiger partial charge on any atom is 0.257 e. The molecule has 1 amide bonds. The first-order chi connectivity index (χ1) is 10.2. The highest BCUT2D eigenvalue weighted by molar-refractivity contribution is 5.95. The van der Waals surface area contributed by atoms with Crippen LogP contribution in [0.15, 0.2) is 6.20 Å². The monoisotopic (exact) mass is 291 g/mol. The Hall–Kier alpha value is -1.40. The lowest BCUT2D eigenvalue weighted by atomic mass is 10.1. The van der Waals surface area contributed by atoms with Gasteiger partial charge in [-0.05, 0) is 39.3 Å². The highest BCUT2D eigenvalue weighted by Crippen LogP contribution is 2.23. The van der Waals surface area contributed by atoms with Gasteiger partial charge in [-0.2, -0.15) is 5.10 Å². The van der Waals surface area contributed by atoms with Crippen molar-refractivity contribution in [2.75, 3.05) is 32.7 Å². The van der Waals surface area contributed by atoms with Gasteiger partial charge in [0, 0.05) is 37.9 Å². The molecule has 6 heteroatoms. The number of nitrogens with zero attached hydrogens (tertiary/aromatic N) is 4. The van der Waals surface area contributed by atoms with Crippen molar-refractivity contribution < 1.29 is 4.79 Å². The predicted octanol–water partition coefficient (Wildman–Crippen LogP) is 0.461. The Bertz CT molecular complexity index is 512. The van der Waals surface area contributed by atoms with Crippen LogP contribution in [0.25, 0.3) is 0 Å². The lowest BCUT2D eigenvalue weighted by Gasteiger charge is -2.37. The van der Waals surface area contributed by atoms with E-state index in [2.05, 4.69) is 10.00 Å². The molecule has 0 spiro atoms. The minimum absolute atomic E-state index is 0.137. The third kappa shape index (κ3) is 2.82. The number of fused-ring (bicyclic) bond motifs is 1. The van der Waals surface area contributed by atoms with Gasteiger partial charge in [0.15, 0.2) is 0 Å². The fourth-order valence-corrected chi connectivity index (χ4v) is 3.47. The van der Waals surface area contributed by atoms with Crippen molar-refractivity contribution in [1.29, 1.82) is 0 Å². The molecule has 2 N–H and O–H groups in total. The average molecular weight is 291 g/mol. The summed E-state index contributed by atoms with van der Waals surface area (Å²) in [6.07, 6.45) is 5.09. The molecule has 0 bridgehead atoms. The van der Waals surface area contributed by atoms with Gasteiger partial charge in [0.25, 0.3) is 5.91 Å². The summed E-state index contributed by atoms with van der Waals surface area (Å²) in [4.78, 5) is 17.2. The zero-order valence-electron chi connectivity index (χ0n) is 12.8. The number of hydrogen-bond donors (Lipinski definition) is 1. The number of carbonyl (C=O) groups excluding carboxylic acids is 1. The quantitative estimate of drug-likeness (QED) is 0.875. The summed E-state index contributed by atoms with van der Waals surface area (Å²) in [5.74, 6) is 0.137. The average Bonchev–Trinajstić information content (AvgIpc) is 3.10. The first-order valence-electron chi connectivity index (χ1n) is 7.96. The fraction of sp³-hybridized carbons (Fsp3) is 0.733. The molecule has 2 aliphatic rings. The van der Waals surface area contributed by atoms with Crippen molar-refractivity contribution in [3.63, 3.8) is 0 Å². The molecule has 3 rings (SSSR count). The number of amides is 1. The van der Waals surface area contributed by atoms with Gasteiger partial charge in [0.1, 0.15) is 0 Å². The van der Waals surface area contributed by atoms with Crippen LogP contribution >= 0.6 is 0 Å². The SMILES string of the molecule is Cc1c(C(=O)N2CCN3CCCC3C2)cnn1CCCN. The van der Waals surface area contributed by atoms with Crippen molar-refractivity contribution in [2.24, 2.45) is 5.73 Å². The van der Waals surface area contributed by atoms with E-state index in [1.807, 2.05) is 16.5 Å². The molecule has 2 aliphatic heterocycles. The largest absolute Gasteiger partial charge is 0.336 e. The zero-order valence-corrected chi connectivity index (χ0v) is 12.8. The minimum atomic E-state index is 0.137. The predicted molar refractivity (Wildman–Crippen MR) is 81.1 cm³/mol. The molecule has 116 valence electrons. The van der Waals surface area contributed by atoms with Crippen LogP contribution in [0.2, 0.25) is 0 Å². The minimum Gasteiger partial charge on any atom is -0.336 e. The van der Waals surface area contributed by atoms with Crippen molar-refractivity contribution >= 4 is 5.91 Å². The fourth-order valence-electron chi connectivity index (χ4n) is 3.47. The van der Waals surface area contributed by atoms with E-state index in [0.717, 1.165) is 43.9 Å². The maximum atomic E-state index is 12.7. The number of nitrogens with two attached hydrogens (primary N) is 1. The zero-order chi connectivity index (χ0) is 14.8. The Balaban J connectivity index is 1.69. The molecule has 1 unspecified atom stereocenters. The van der Waals surface area contributed by atoms with Crippen molar-refractivity contribution in [3.8, 4) is 0 Å². The summed E-state index contributed by atoms with van der Waals surface area (Å²) >= 11 is 0. The van der Waals surface area contributed by atoms with Gasteiger partial charge in [-0.3, -0.25) is 14.4 Å². The first kappa shape index (κ1) is 14.5. The van der Waals surface area contributed by atoms with E-state index in [1.54, 1.807) is 6.20 Å². The molecule has 1 aromatic heterocycles. The van der Waals surface area contributed by atoms with Crippen LogP contribution < -0.4 is 5.73 Å². The standard InChI is InChI=1S/C15H25N5O/c1-12-14(10-17-20(12)7-3-5-16)15(21)19-9-8-18-6-2-4-13(18)11-19/h10,13H,2-9,11,16H2,1H3. The van der Waals surface area contributed by atoms with Gasteiger partial charge >= 0.3 is 0 Å². The summed E-state index contributed by atoms with van der Waals surface area (Å²) in [6, 6.07) is 0.565. The highest BCUT2D eigenvalue weighted by atomic mass is 16.2. The Morgan fingerprint density at radius 2 is 2.29 bits per heavy atom. The molecule has 0 radical (unpaired) electrons. The number of piperazine rings is 1. The summed E-state index contributed by atoms with van der Waals surface area (Å²) < 4.78 is 1.89. The molecule has 1 atom stereocenters. The molecule has 0 saturated carbocycles. The highest BCUT2D eigenvalue weighted by Gasteiger charge is 2.33. The van der Waals surface area contributed by atoms with Gasteiger partial charge < -0.3 is 10.6 Å². The van der Waals surface area contributed by atoms with E-state index in [1.165, 1.54) is 19.4 Å². The third-order valence-electron chi connectivity index (χ3n) is 4.78. The summed E-state index contributed by atoms with van der Waals surface area (Å²) in [7, 11) is 0. The van der Waals surface area contributed by atoms with E-state index in [9.17, 15) is 4.79 Å². The van der Waals surface area contributed by atoms with Crippen molar-refractivity contribution in [2.45, 2.75) is 38.8 Å². The lowest BCUT2D eigenvalue weighted by molar-refractivity contribution is 0.0570. The Kier molecular flexibility index (Phi) is 4.26.